The monoisotopic (exact) mass is 443 g/mol. The third-order valence-electron chi connectivity index (χ3n) is 4.81. The van der Waals surface area contributed by atoms with Crippen molar-refractivity contribution in [1.29, 1.82) is 0 Å². The van der Waals surface area contributed by atoms with Gasteiger partial charge in [0.05, 0.1) is 11.3 Å². The first-order valence-corrected chi connectivity index (χ1v) is 11.5. The molecule has 2 N–H and O–H groups in total. The van der Waals surface area contributed by atoms with E-state index in [9.17, 15) is 9.59 Å². The summed E-state index contributed by atoms with van der Waals surface area (Å²) in [5, 5.41) is 6.41. The molecule has 2 amide bonds. The molecule has 8 heteroatoms. The van der Waals surface area contributed by atoms with E-state index in [2.05, 4.69) is 29.5 Å². The molecule has 0 aliphatic carbocycles. The zero-order valence-corrected chi connectivity index (χ0v) is 19.0. The van der Waals surface area contributed by atoms with Gasteiger partial charge in [0.25, 0.3) is 5.91 Å². The maximum Gasteiger partial charge on any atom is 0.254 e. The van der Waals surface area contributed by atoms with Crippen LogP contribution in [0, 0.1) is 5.92 Å². The molecule has 31 heavy (non-hydrogen) atoms. The lowest BCUT2D eigenvalue weighted by Gasteiger charge is -2.15. The van der Waals surface area contributed by atoms with Crippen LogP contribution in [-0.4, -0.2) is 35.4 Å². The Labute approximate surface area is 187 Å². The van der Waals surface area contributed by atoms with Gasteiger partial charge in [-0.15, -0.1) is 0 Å². The molecule has 166 valence electrons. The maximum atomic E-state index is 12.7. The van der Waals surface area contributed by atoms with Crippen LogP contribution in [0.5, 0.6) is 11.5 Å². The number of ether oxygens (including phenoxy) is 2. The first-order valence-electron chi connectivity index (χ1n) is 10.5. The van der Waals surface area contributed by atoms with Crippen molar-refractivity contribution in [3.8, 4) is 11.5 Å². The van der Waals surface area contributed by atoms with Crippen molar-refractivity contribution in [1.82, 2.24) is 10.3 Å². The van der Waals surface area contributed by atoms with Crippen molar-refractivity contribution in [2.45, 2.75) is 51.1 Å². The molecule has 2 heterocycles. The van der Waals surface area contributed by atoms with E-state index < -0.39 is 0 Å². The number of rotatable bonds is 10. The minimum atomic E-state index is -0.192. The summed E-state index contributed by atoms with van der Waals surface area (Å²) in [6.07, 6.45) is 4.78. The third-order valence-corrected chi connectivity index (χ3v) is 5.81. The predicted molar refractivity (Wildman–Crippen MR) is 122 cm³/mol. The number of hydrogen-bond donors (Lipinski definition) is 2. The average Bonchev–Trinajstić information content (AvgIpc) is 3.20. The molecule has 1 unspecified atom stereocenters. The molecule has 0 fully saturated rings. The quantitative estimate of drug-likeness (QED) is 0.526. The largest absolute Gasteiger partial charge is 0.454 e. The molecule has 0 saturated carbocycles. The van der Waals surface area contributed by atoms with Gasteiger partial charge in [-0.3, -0.25) is 9.59 Å². The van der Waals surface area contributed by atoms with Crippen LogP contribution in [-0.2, 0) is 4.79 Å². The zero-order valence-electron chi connectivity index (χ0n) is 18.1. The summed E-state index contributed by atoms with van der Waals surface area (Å²) in [6, 6.07) is 8.80. The van der Waals surface area contributed by atoms with Gasteiger partial charge < -0.3 is 20.1 Å². The summed E-state index contributed by atoms with van der Waals surface area (Å²) < 4.78 is 10.6. The number of nitrogens with one attached hydrogen (secondary N) is 2. The second-order valence-electron chi connectivity index (χ2n) is 7.96. The minimum absolute atomic E-state index is 0.0820. The van der Waals surface area contributed by atoms with Crippen LogP contribution in [0.1, 0.15) is 50.4 Å². The smallest absolute Gasteiger partial charge is 0.254 e. The number of pyridine rings is 1. The number of anilines is 1. The van der Waals surface area contributed by atoms with Gasteiger partial charge in [-0.25, -0.2) is 4.98 Å². The number of hydrogen-bond acceptors (Lipinski definition) is 6. The first kappa shape index (κ1) is 22.9. The summed E-state index contributed by atoms with van der Waals surface area (Å²) >= 11 is 1.24. The molecule has 1 aromatic carbocycles. The van der Waals surface area contributed by atoms with Crippen molar-refractivity contribution in [3.63, 3.8) is 0 Å². The Balaban J connectivity index is 1.52. The molecule has 1 aliphatic heterocycles. The number of nitrogens with zero attached hydrogens (tertiary/aromatic N) is 1. The molecule has 0 bridgehead atoms. The third kappa shape index (κ3) is 6.89. The Morgan fingerprint density at radius 2 is 1.94 bits per heavy atom. The van der Waals surface area contributed by atoms with Crippen molar-refractivity contribution in [3.05, 3.63) is 42.1 Å². The van der Waals surface area contributed by atoms with E-state index in [-0.39, 0.29) is 30.4 Å². The Morgan fingerprint density at radius 3 is 2.74 bits per heavy atom. The Morgan fingerprint density at radius 1 is 1.13 bits per heavy atom. The number of aromatic nitrogens is 1. The molecule has 7 nitrogen and oxygen atoms in total. The predicted octanol–water partition coefficient (Wildman–Crippen LogP) is 4.49. The molecular weight excluding hydrogens is 414 g/mol. The minimum Gasteiger partial charge on any atom is -0.454 e. The van der Waals surface area contributed by atoms with E-state index in [1.807, 2.05) is 6.92 Å². The number of thioether (sulfide) groups is 1. The van der Waals surface area contributed by atoms with Crippen LogP contribution >= 0.6 is 11.8 Å². The van der Waals surface area contributed by atoms with Crippen LogP contribution in [0.15, 0.2) is 41.6 Å². The van der Waals surface area contributed by atoms with E-state index in [0.717, 1.165) is 19.3 Å². The molecule has 0 spiro atoms. The van der Waals surface area contributed by atoms with E-state index in [1.165, 1.54) is 11.8 Å². The highest BCUT2D eigenvalue weighted by molar-refractivity contribution is 8.00. The standard InChI is InChI=1S/C23H29N3O4S/c1-15(2)6-4-7-16(3)25-22(28)18-8-5-11-24-23(18)31-13-21(27)26-17-9-10-19-20(12-17)30-14-29-19/h5,8-12,15-16H,4,6-7,13-14H2,1-3H3,(H,25,28)(H,26,27). The normalized spacial score (nSPS) is 13.2. The van der Waals surface area contributed by atoms with Gasteiger partial charge in [0.1, 0.15) is 5.03 Å². The number of fused-ring (bicyclic) bond motifs is 1. The van der Waals surface area contributed by atoms with Crippen LogP contribution in [0.2, 0.25) is 0 Å². The number of carbonyl (C=O) groups excluding carboxylic acids is 2. The topological polar surface area (TPSA) is 89.6 Å². The lowest BCUT2D eigenvalue weighted by Crippen LogP contribution is -2.33. The van der Waals surface area contributed by atoms with Gasteiger partial charge in [0.15, 0.2) is 11.5 Å². The fraction of sp³-hybridized carbons (Fsp3) is 0.435. The van der Waals surface area contributed by atoms with E-state index in [0.29, 0.717) is 33.7 Å². The highest BCUT2D eigenvalue weighted by Gasteiger charge is 2.17. The Kier molecular flexibility index (Phi) is 8.17. The molecule has 1 aliphatic rings. The molecular formula is C23H29N3O4S. The molecule has 0 radical (unpaired) electrons. The molecule has 1 atom stereocenters. The van der Waals surface area contributed by atoms with Gasteiger partial charge >= 0.3 is 0 Å². The summed E-state index contributed by atoms with van der Waals surface area (Å²) in [5.74, 6) is 1.71. The maximum absolute atomic E-state index is 12.7. The highest BCUT2D eigenvalue weighted by atomic mass is 32.2. The van der Waals surface area contributed by atoms with Crippen LogP contribution in [0.3, 0.4) is 0 Å². The van der Waals surface area contributed by atoms with E-state index in [4.69, 9.17) is 9.47 Å². The number of amides is 2. The molecule has 0 saturated heterocycles. The average molecular weight is 444 g/mol. The Bertz CT molecular complexity index is 919. The van der Waals surface area contributed by atoms with Crippen molar-refractivity contribution in [2.75, 3.05) is 17.9 Å². The summed E-state index contributed by atoms with van der Waals surface area (Å²) in [4.78, 5) is 29.4. The Hall–Kier alpha value is -2.74. The highest BCUT2D eigenvalue weighted by Crippen LogP contribution is 2.34. The van der Waals surface area contributed by atoms with Crippen LogP contribution < -0.4 is 20.1 Å². The van der Waals surface area contributed by atoms with Gasteiger partial charge in [0, 0.05) is 24.0 Å². The second-order valence-corrected chi connectivity index (χ2v) is 8.92. The van der Waals surface area contributed by atoms with Crippen molar-refractivity contribution in [2.24, 2.45) is 5.92 Å². The van der Waals surface area contributed by atoms with Gasteiger partial charge in [-0.05, 0) is 43.5 Å². The molecule has 3 rings (SSSR count). The summed E-state index contributed by atoms with van der Waals surface area (Å²) in [7, 11) is 0. The second kappa shape index (κ2) is 11.0. The van der Waals surface area contributed by atoms with Crippen LogP contribution in [0.25, 0.3) is 0 Å². The van der Waals surface area contributed by atoms with Gasteiger partial charge in [0.2, 0.25) is 12.7 Å². The zero-order chi connectivity index (χ0) is 22.2. The molecule has 1 aromatic heterocycles. The first-order chi connectivity index (χ1) is 14.9. The van der Waals surface area contributed by atoms with E-state index >= 15 is 0 Å². The van der Waals surface area contributed by atoms with Crippen molar-refractivity contribution >= 4 is 29.3 Å². The lowest BCUT2D eigenvalue weighted by molar-refractivity contribution is -0.113. The SMILES string of the molecule is CC(C)CCCC(C)NC(=O)c1cccnc1SCC(=O)Nc1ccc2c(c1)OCO2. The number of benzene rings is 1. The van der Waals surface area contributed by atoms with Crippen molar-refractivity contribution < 1.29 is 19.1 Å². The summed E-state index contributed by atoms with van der Waals surface area (Å²) in [5.41, 5.74) is 1.11. The van der Waals surface area contributed by atoms with E-state index in [1.54, 1.807) is 36.5 Å². The fourth-order valence-corrected chi connectivity index (χ4v) is 3.98. The molecule has 2 aromatic rings. The van der Waals surface area contributed by atoms with Gasteiger partial charge in [-0.2, -0.15) is 0 Å². The fourth-order valence-electron chi connectivity index (χ4n) is 3.19. The summed E-state index contributed by atoms with van der Waals surface area (Å²) in [6.45, 7) is 6.60. The van der Waals surface area contributed by atoms with Gasteiger partial charge in [-0.1, -0.05) is 38.5 Å². The van der Waals surface area contributed by atoms with Crippen LogP contribution in [0.4, 0.5) is 5.69 Å². The number of carbonyl (C=O) groups is 2. The lowest BCUT2D eigenvalue weighted by atomic mass is 10.0.